The van der Waals surface area contributed by atoms with E-state index in [0.717, 1.165) is 12.8 Å². The van der Waals surface area contributed by atoms with Gasteiger partial charge in [0.1, 0.15) is 11.2 Å². The molecule has 0 bridgehead atoms. The van der Waals surface area contributed by atoms with E-state index < -0.39 is 0 Å². The van der Waals surface area contributed by atoms with Crippen molar-refractivity contribution in [2.75, 3.05) is 0 Å². The third-order valence-corrected chi connectivity index (χ3v) is 10.6. The molecule has 2 aromatic carbocycles. The number of fused-ring (bicyclic) bond motifs is 2. The van der Waals surface area contributed by atoms with Gasteiger partial charge >= 0.3 is 0 Å². The molecular weight excluding hydrogens is 420 g/mol. The minimum Gasteiger partial charge on any atom is -0.137 e. The third-order valence-electron chi connectivity index (χ3n) is 9.11. The number of hydrogen-bond acceptors (Lipinski definition) is 1. The van der Waals surface area contributed by atoms with Gasteiger partial charge in [-0.15, -0.1) is 20.7 Å². The van der Waals surface area contributed by atoms with E-state index >= 15 is 0 Å². The smallest absolute Gasteiger partial charge is 0.137 e. The predicted octanol–water partition coefficient (Wildman–Crippen LogP) is 8.43. The summed E-state index contributed by atoms with van der Waals surface area (Å²) in [4.78, 5) is 1.52. The molecule has 1 fully saturated rings. The largest absolute Gasteiger partial charge is 0.203 e. The summed E-state index contributed by atoms with van der Waals surface area (Å²) in [5.74, 6) is 0.602. The van der Waals surface area contributed by atoms with Gasteiger partial charge in [0.15, 0.2) is 7.05 Å². The number of para-hydroxylation sites is 1. The fourth-order valence-electron chi connectivity index (χ4n) is 6.07. The number of benzene rings is 2. The van der Waals surface area contributed by atoms with E-state index in [4.69, 9.17) is 0 Å². The van der Waals surface area contributed by atoms with E-state index in [1.54, 1.807) is 0 Å². The van der Waals surface area contributed by atoms with Crippen molar-refractivity contribution in [2.45, 2.75) is 84.5 Å². The molecule has 0 N–H and O–H groups in total. The van der Waals surface area contributed by atoms with Crippen LogP contribution >= 0.6 is 11.3 Å². The molecule has 0 spiro atoms. The van der Waals surface area contributed by atoms with Gasteiger partial charge in [-0.25, -0.2) is 0 Å². The Kier molecular flexibility index (Phi) is 5.68. The highest BCUT2D eigenvalue weighted by molar-refractivity contribution is 7.19. The summed E-state index contributed by atoms with van der Waals surface area (Å²) in [5, 5.41) is 2.69. The van der Waals surface area contributed by atoms with Crippen molar-refractivity contribution in [1.29, 1.82) is 0 Å². The monoisotopic (exact) mass is 459 g/mol. The van der Waals surface area contributed by atoms with Gasteiger partial charge in [-0.2, -0.15) is 0 Å². The molecule has 174 valence electrons. The second kappa shape index (κ2) is 8.27. The molecule has 1 atom stereocenters. The summed E-state index contributed by atoms with van der Waals surface area (Å²) in [5.41, 5.74) is 4.80. The average molecular weight is 460 g/mol. The van der Waals surface area contributed by atoms with Crippen LogP contribution in [0, 0.1) is 5.41 Å². The number of hydrogen-bond donors (Lipinski definition) is 0. The zero-order valence-electron chi connectivity index (χ0n) is 21.2. The fraction of sp³-hybridized carbons (Fsp3) is 0.500. The van der Waals surface area contributed by atoms with Crippen LogP contribution in [-0.2, 0) is 12.5 Å². The molecule has 0 radical (unpaired) electrons. The average Bonchev–Trinajstić information content (AvgIpc) is 3.52. The second-order valence-corrected chi connectivity index (χ2v) is 12.0. The van der Waals surface area contributed by atoms with Crippen LogP contribution in [0.25, 0.3) is 26.7 Å². The lowest BCUT2D eigenvalue weighted by molar-refractivity contribution is -0.741. The quantitative estimate of drug-likeness (QED) is 0.256. The van der Waals surface area contributed by atoms with E-state index in [9.17, 15) is 0 Å². The molecule has 0 saturated heterocycles. The molecule has 0 aliphatic heterocycles. The first-order valence-electron chi connectivity index (χ1n) is 12.8. The first kappa shape index (κ1) is 22.7. The van der Waals surface area contributed by atoms with Gasteiger partial charge in [-0.1, -0.05) is 71.7 Å². The van der Waals surface area contributed by atoms with Crippen molar-refractivity contribution in [1.82, 2.24) is 4.68 Å². The Hall–Kier alpha value is -2.13. The molecule has 2 aromatic heterocycles. The maximum absolute atomic E-state index is 2.53. The minimum atomic E-state index is 0.167. The maximum atomic E-state index is 2.53. The lowest BCUT2D eigenvalue weighted by Gasteiger charge is -2.31. The second-order valence-electron chi connectivity index (χ2n) is 11.0. The van der Waals surface area contributed by atoms with Crippen LogP contribution in [-0.4, -0.2) is 4.68 Å². The number of nitrogens with zero attached hydrogens (tertiary/aromatic N) is 2. The molecule has 2 heterocycles. The number of aromatic nitrogens is 2. The Morgan fingerprint density at radius 3 is 2.48 bits per heavy atom. The SMILES string of the molecule is CCC(C)(CC)c1sc2cc(C(C)C3(C)CCCC3)ccc2c1-n1c2ccccc2c[n+]1C. The Bertz CT molecular complexity index is 1300. The molecule has 1 aliphatic rings. The van der Waals surface area contributed by atoms with Crippen LogP contribution in [0.4, 0.5) is 0 Å². The topological polar surface area (TPSA) is 8.81 Å². The van der Waals surface area contributed by atoms with Crippen LogP contribution in [0.2, 0.25) is 0 Å². The highest BCUT2D eigenvalue weighted by Gasteiger charge is 2.36. The summed E-state index contributed by atoms with van der Waals surface area (Å²) in [7, 11) is 2.18. The van der Waals surface area contributed by atoms with Crippen LogP contribution in [0.15, 0.2) is 48.7 Å². The van der Waals surface area contributed by atoms with Crippen molar-refractivity contribution in [3.05, 3.63) is 59.1 Å². The van der Waals surface area contributed by atoms with Crippen molar-refractivity contribution >= 4 is 32.3 Å². The van der Waals surface area contributed by atoms with Gasteiger partial charge in [0.2, 0.25) is 6.20 Å². The van der Waals surface area contributed by atoms with Crippen LogP contribution in [0.3, 0.4) is 0 Å². The van der Waals surface area contributed by atoms with Gasteiger partial charge in [0, 0.05) is 20.4 Å². The summed E-state index contributed by atoms with van der Waals surface area (Å²) in [6.07, 6.45) is 10.1. The number of aryl methyl sites for hydroxylation is 1. The number of rotatable bonds is 6. The van der Waals surface area contributed by atoms with E-state index in [0.29, 0.717) is 11.3 Å². The van der Waals surface area contributed by atoms with Crippen molar-refractivity contribution in [3.63, 3.8) is 0 Å². The number of thiophene rings is 1. The highest BCUT2D eigenvalue weighted by Crippen LogP contribution is 2.50. The summed E-state index contributed by atoms with van der Waals surface area (Å²) in [6.45, 7) is 12.1. The van der Waals surface area contributed by atoms with Crippen molar-refractivity contribution < 1.29 is 4.68 Å². The Morgan fingerprint density at radius 1 is 1.09 bits per heavy atom. The van der Waals surface area contributed by atoms with E-state index in [2.05, 4.69) is 99.7 Å². The van der Waals surface area contributed by atoms with Crippen LogP contribution < -0.4 is 4.68 Å². The van der Waals surface area contributed by atoms with Gasteiger partial charge < -0.3 is 0 Å². The van der Waals surface area contributed by atoms with E-state index in [1.165, 1.54) is 62.8 Å². The first-order chi connectivity index (χ1) is 15.8. The molecule has 2 nitrogen and oxygen atoms in total. The summed E-state index contributed by atoms with van der Waals surface area (Å²) < 4.78 is 6.17. The lowest BCUT2D eigenvalue weighted by Crippen LogP contribution is -2.38. The molecule has 4 aromatic rings. The highest BCUT2D eigenvalue weighted by atomic mass is 32.1. The van der Waals surface area contributed by atoms with E-state index in [1.807, 2.05) is 11.3 Å². The Morgan fingerprint density at radius 2 is 1.79 bits per heavy atom. The molecule has 1 saturated carbocycles. The molecule has 1 aliphatic carbocycles. The van der Waals surface area contributed by atoms with Crippen LogP contribution in [0.5, 0.6) is 0 Å². The van der Waals surface area contributed by atoms with Crippen molar-refractivity contribution in [2.24, 2.45) is 12.5 Å². The summed E-state index contributed by atoms with van der Waals surface area (Å²) in [6, 6.07) is 16.2. The fourth-order valence-corrected chi connectivity index (χ4v) is 7.59. The Balaban J connectivity index is 1.76. The molecule has 1 unspecified atom stereocenters. The Labute approximate surface area is 203 Å². The van der Waals surface area contributed by atoms with Gasteiger partial charge in [-0.3, -0.25) is 0 Å². The van der Waals surface area contributed by atoms with Crippen molar-refractivity contribution in [3.8, 4) is 5.69 Å². The molecule has 0 amide bonds. The van der Waals surface area contributed by atoms with Gasteiger partial charge in [-0.05, 0) is 60.8 Å². The van der Waals surface area contributed by atoms with Crippen LogP contribution in [0.1, 0.15) is 89.5 Å². The molecule has 33 heavy (non-hydrogen) atoms. The maximum Gasteiger partial charge on any atom is 0.203 e. The molecule has 5 rings (SSSR count). The molecule has 3 heteroatoms. The first-order valence-corrected chi connectivity index (χ1v) is 13.7. The summed E-state index contributed by atoms with van der Waals surface area (Å²) >= 11 is 2.03. The van der Waals surface area contributed by atoms with Gasteiger partial charge in [0.05, 0.1) is 5.39 Å². The predicted molar refractivity (Wildman–Crippen MR) is 143 cm³/mol. The third kappa shape index (κ3) is 3.55. The standard InChI is InChI=1S/C30H39N2S/c1-7-29(4,8-2)28-27(32-25-14-10-9-13-23(25)20-31(32)6)24-16-15-22(19-26(24)33-28)21(3)30(5)17-11-12-18-30/h9-10,13-16,19-21H,7-8,11-12,17-18H2,1-6H3/q+1. The molecular formula is C30H39N2S+. The minimum absolute atomic E-state index is 0.167. The zero-order valence-corrected chi connectivity index (χ0v) is 22.1. The normalized spacial score (nSPS) is 17.3. The zero-order chi connectivity index (χ0) is 23.4. The van der Waals surface area contributed by atoms with Gasteiger partial charge in [0.25, 0.3) is 0 Å². The van der Waals surface area contributed by atoms with E-state index in [-0.39, 0.29) is 5.41 Å². The lowest BCUT2D eigenvalue weighted by atomic mass is 9.73.